The minimum atomic E-state index is -3.59. The summed E-state index contributed by atoms with van der Waals surface area (Å²) in [7, 11) is -3.59. The van der Waals surface area contributed by atoms with Gasteiger partial charge in [-0.1, -0.05) is 15.9 Å². The fourth-order valence-electron chi connectivity index (χ4n) is 1.44. The van der Waals surface area contributed by atoms with Crippen LogP contribution in [0.15, 0.2) is 32.0 Å². The Morgan fingerprint density at radius 3 is 2.65 bits per heavy atom. The minimum Gasteiger partial charge on any atom is -0.466 e. The van der Waals surface area contributed by atoms with Crippen molar-refractivity contribution in [2.24, 2.45) is 0 Å². The molecule has 20 heavy (non-hydrogen) atoms. The van der Waals surface area contributed by atoms with E-state index in [1.165, 1.54) is 6.07 Å². The molecule has 112 valence electrons. The smallest absolute Gasteiger partial charge is 0.305 e. The quantitative estimate of drug-likeness (QED) is 0.535. The van der Waals surface area contributed by atoms with Crippen LogP contribution in [0.3, 0.4) is 0 Å². The van der Waals surface area contributed by atoms with Crippen molar-refractivity contribution in [3.05, 3.63) is 27.1 Å². The molecule has 0 fully saturated rings. The van der Waals surface area contributed by atoms with E-state index < -0.39 is 10.0 Å². The molecule has 0 atom stereocenters. The van der Waals surface area contributed by atoms with Crippen molar-refractivity contribution in [3.8, 4) is 0 Å². The maximum atomic E-state index is 12.1. The molecular weight excluding hydrogens is 414 g/mol. The normalized spacial score (nSPS) is 11.3. The molecule has 0 saturated carbocycles. The topological polar surface area (TPSA) is 72.5 Å². The van der Waals surface area contributed by atoms with E-state index in [0.29, 0.717) is 17.5 Å². The molecular formula is C12H15Br2NO4S. The number of sulfonamides is 1. The van der Waals surface area contributed by atoms with Crippen molar-refractivity contribution in [3.63, 3.8) is 0 Å². The third-order valence-corrected chi connectivity index (χ3v) is 5.27. The second-order valence-corrected chi connectivity index (χ2v) is 7.39. The Hall–Kier alpha value is -0.440. The Morgan fingerprint density at radius 2 is 2.05 bits per heavy atom. The zero-order valence-electron chi connectivity index (χ0n) is 10.9. The van der Waals surface area contributed by atoms with Crippen LogP contribution in [-0.2, 0) is 19.6 Å². The molecule has 0 unspecified atom stereocenters. The number of benzene rings is 1. The minimum absolute atomic E-state index is 0.164. The molecule has 0 heterocycles. The van der Waals surface area contributed by atoms with Crippen molar-refractivity contribution >= 4 is 47.9 Å². The van der Waals surface area contributed by atoms with Crippen LogP contribution in [0, 0.1) is 0 Å². The number of esters is 1. The average Bonchev–Trinajstić information content (AvgIpc) is 2.34. The zero-order valence-corrected chi connectivity index (χ0v) is 14.8. The second-order valence-electron chi connectivity index (χ2n) is 3.88. The Balaban J connectivity index is 2.56. The Kier molecular flexibility index (Phi) is 7.14. The molecule has 8 heteroatoms. The van der Waals surface area contributed by atoms with E-state index in [1.807, 2.05) is 0 Å². The Labute approximate surface area is 135 Å². The van der Waals surface area contributed by atoms with Crippen molar-refractivity contribution in [2.45, 2.75) is 24.7 Å². The van der Waals surface area contributed by atoms with Crippen LogP contribution in [0.4, 0.5) is 0 Å². The van der Waals surface area contributed by atoms with Gasteiger partial charge in [-0.25, -0.2) is 13.1 Å². The van der Waals surface area contributed by atoms with Gasteiger partial charge in [-0.2, -0.15) is 0 Å². The molecule has 0 radical (unpaired) electrons. The van der Waals surface area contributed by atoms with Gasteiger partial charge in [-0.05, 0) is 47.5 Å². The summed E-state index contributed by atoms with van der Waals surface area (Å²) >= 11 is 6.47. The molecule has 0 aliphatic rings. The molecule has 0 amide bonds. The highest BCUT2D eigenvalue weighted by atomic mass is 79.9. The van der Waals surface area contributed by atoms with Gasteiger partial charge in [0.1, 0.15) is 0 Å². The summed E-state index contributed by atoms with van der Waals surface area (Å²) in [6.45, 7) is 2.24. The number of nitrogens with one attached hydrogen (secondary N) is 1. The number of hydrogen-bond acceptors (Lipinski definition) is 4. The number of carbonyl (C=O) groups excluding carboxylic acids is 1. The highest BCUT2D eigenvalue weighted by Gasteiger charge is 2.17. The molecule has 1 aromatic rings. The van der Waals surface area contributed by atoms with E-state index in [9.17, 15) is 13.2 Å². The van der Waals surface area contributed by atoms with Crippen LogP contribution < -0.4 is 4.72 Å². The Bertz CT molecular complexity index is 575. The monoisotopic (exact) mass is 427 g/mol. The maximum Gasteiger partial charge on any atom is 0.305 e. The zero-order chi connectivity index (χ0) is 15.2. The molecule has 0 saturated heterocycles. The van der Waals surface area contributed by atoms with Crippen LogP contribution in [0.1, 0.15) is 19.8 Å². The summed E-state index contributed by atoms with van der Waals surface area (Å²) in [5, 5.41) is 0. The number of hydrogen-bond donors (Lipinski definition) is 1. The van der Waals surface area contributed by atoms with Gasteiger partial charge < -0.3 is 4.74 Å². The van der Waals surface area contributed by atoms with Crippen LogP contribution in [-0.4, -0.2) is 27.5 Å². The second kappa shape index (κ2) is 8.11. The molecule has 0 spiro atoms. The standard InChI is InChI=1S/C12H15Br2NO4S/c1-2-19-12(16)4-3-7-15-20(17,18)11-6-5-9(13)8-10(11)14/h5-6,8,15H,2-4,7H2,1H3. The highest BCUT2D eigenvalue weighted by molar-refractivity contribution is 9.11. The summed E-state index contributed by atoms with van der Waals surface area (Å²) in [5.74, 6) is -0.323. The largest absolute Gasteiger partial charge is 0.466 e. The van der Waals surface area contributed by atoms with E-state index in [4.69, 9.17) is 4.74 Å². The molecule has 1 N–H and O–H groups in total. The van der Waals surface area contributed by atoms with Gasteiger partial charge in [0, 0.05) is 21.9 Å². The van der Waals surface area contributed by atoms with Crippen LogP contribution in [0.2, 0.25) is 0 Å². The molecule has 0 bridgehead atoms. The van der Waals surface area contributed by atoms with E-state index in [0.717, 1.165) is 4.47 Å². The fraction of sp³-hybridized carbons (Fsp3) is 0.417. The van der Waals surface area contributed by atoms with Crippen molar-refractivity contribution < 1.29 is 17.9 Å². The average molecular weight is 429 g/mol. The lowest BCUT2D eigenvalue weighted by Gasteiger charge is -2.08. The molecule has 0 aliphatic heterocycles. The summed E-state index contributed by atoms with van der Waals surface area (Å²) in [6.07, 6.45) is 0.587. The first-order valence-electron chi connectivity index (χ1n) is 5.97. The van der Waals surface area contributed by atoms with Crippen molar-refractivity contribution in [2.75, 3.05) is 13.2 Å². The molecule has 1 aromatic carbocycles. The van der Waals surface area contributed by atoms with E-state index in [-0.39, 0.29) is 23.8 Å². The van der Waals surface area contributed by atoms with Crippen molar-refractivity contribution in [1.82, 2.24) is 4.72 Å². The van der Waals surface area contributed by atoms with Gasteiger partial charge >= 0.3 is 5.97 Å². The van der Waals surface area contributed by atoms with Crippen LogP contribution in [0.25, 0.3) is 0 Å². The first-order chi connectivity index (χ1) is 9.36. The molecule has 1 rings (SSSR count). The fourth-order valence-corrected chi connectivity index (χ4v) is 4.26. The van der Waals surface area contributed by atoms with Gasteiger partial charge in [0.2, 0.25) is 10.0 Å². The lowest BCUT2D eigenvalue weighted by atomic mass is 10.3. The predicted octanol–water partition coefficient (Wildman–Crippen LogP) is 2.83. The number of halogens is 2. The third kappa shape index (κ3) is 5.51. The summed E-state index contributed by atoms with van der Waals surface area (Å²) < 4.78 is 32.6. The maximum absolute atomic E-state index is 12.1. The Morgan fingerprint density at radius 1 is 1.35 bits per heavy atom. The van der Waals surface area contributed by atoms with Crippen molar-refractivity contribution in [1.29, 1.82) is 0 Å². The van der Waals surface area contributed by atoms with Gasteiger partial charge in [0.25, 0.3) is 0 Å². The van der Waals surface area contributed by atoms with Gasteiger partial charge in [0.15, 0.2) is 0 Å². The van der Waals surface area contributed by atoms with E-state index in [2.05, 4.69) is 36.6 Å². The lowest BCUT2D eigenvalue weighted by molar-refractivity contribution is -0.143. The number of ether oxygens (including phenoxy) is 1. The molecule has 5 nitrogen and oxygen atoms in total. The lowest BCUT2D eigenvalue weighted by Crippen LogP contribution is -2.25. The number of carbonyl (C=O) groups is 1. The molecule has 0 aromatic heterocycles. The number of rotatable bonds is 7. The summed E-state index contributed by atoms with van der Waals surface area (Å²) in [4.78, 5) is 11.3. The third-order valence-electron chi connectivity index (χ3n) is 2.34. The summed E-state index contributed by atoms with van der Waals surface area (Å²) in [6, 6.07) is 4.81. The van der Waals surface area contributed by atoms with Crippen LogP contribution >= 0.6 is 31.9 Å². The molecule has 0 aliphatic carbocycles. The predicted molar refractivity (Wildman–Crippen MR) is 82.9 cm³/mol. The van der Waals surface area contributed by atoms with Gasteiger partial charge in [-0.3, -0.25) is 4.79 Å². The first-order valence-corrected chi connectivity index (χ1v) is 9.04. The summed E-state index contributed by atoms with van der Waals surface area (Å²) in [5.41, 5.74) is 0. The van der Waals surface area contributed by atoms with Crippen LogP contribution in [0.5, 0.6) is 0 Å². The van der Waals surface area contributed by atoms with Gasteiger partial charge in [-0.15, -0.1) is 0 Å². The van der Waals surface area contributed by atoms with E-state index in [1.54, 1.807) is 19.1 Å². The SMILES string of the molecule is CCOC(=O)CCCNS(=O)(=O)c1ccc(Br)cc1Br. The highest BCUT2D eigenvalue weighted by Crippen LogP contribution is 2.25. The van der Waals surface area contributed by atoms with E-state index >= 15 is 0 Å². The first kappa shape index (κ1) is 17.6. The van der Waals surface area contributed by atoms with Gasteiger partial charge in [0.05, 0.1) is 11.5 Å².